The van der Waals surface area contributed by atoms with Gasteiger partial charge in [-0.3, -0.25) is 4.79 Å². The molecule has 2 N–H and O–H groups in total. The summed E-state index contributed by atoms with van der Waals surface area (Å²) in [6.07, 6.45) is 0. The molecule has 3 rings (SSSR count). The molecule has 3 aromatic rings. The van der Waals surface area contributed by atoms with Crippen LogP contribution in [0.4, 0.5) is 10.1 Å². The first-order chi connectivity index (χ1) is 11.9. The molecule has 0 bridgehead atoms. The first kappa shape index (κ1) is 16.9. The van der Waals surface area contributed by atoms with Crippen LogP contribution in [0.2, 0.25) is 5.02 Å². The molecule has 0 saturated carbocycles. The second kappa shape index (κ2) is 6.90. The van der Waals surface area contributed by atoms with Gasteiger partial charge in [0.25, 0.3) is 0 Å². The number of hydrogen-bond donors (Lipinski definition) is 2. The number of hydrogen-bond acceptors (Lipinski definition) is 4. The number of amides is 1. The van der Waals surface area contributed by atoms with Crippen LogP contribution >= 0.6 is 11.6 Å². The minimum atomic E-state index is -0.655. The van der Waals surface area contributed by atoms with Crippen LogP contribution < -0.4 is 4.74 Å². The van der Waals surface area contributed by atoms with Crippen molar-refractivity contribution in [3.63, 3.8) is 0 Å². The summed E-state index contributed by atoms with van der Waals surface area (Å²) < 4.78 is 18.6. The summed E-state index contributed by atoms with van der Waals surface area (Å²) in [7, 11) is 0. The predicted octanol–water partition coefficient (Wildman–Crippen LogP) is 4.66. The highest BCUT2D eigenvalue weighted by Crippen LogP contribution is 2.35. The molecule has 0 saturated heterocycles. The summed E-state index contributed by atoms with van der Waals surface area (Å²) in [6, 6.07) is 8.88. The minimum absolute atomic E-state index is 0.00909. The van der Waals surface area contributed by atoms with E-state index in [1.54, 1.807) is 18.2 Å². The summed E-state index contributed by atoms with van der Waals surface area (Å²) in [5, 5.41) is 17.9. The Labute approximate surface area is 146 Å². The number of carbonyl (C=O) groups is 1. The smallest absolute Gasteiger partial charge is 0.302 e. The average Bonchev–Trinajstić information content (AvgIpc) is 2.88. The highest BCUT2D eigenvalue weighted by Gasteiger charge is 2.12. The number of H-pyrrole nitrogens is 1. The maximum absolute atomic E-state index is 13.3. The number of nitrogens with one attached hydrogen (secondary N) is 1. The number of aromatic nitrogens is 1. The van der Waals surface area contributed by atoms with E-state index in [1.807, 2.05) is 6.92 Å². The summed E-state index contributed by atoms with van der Waals surface area (Å²) in [6.45, 7) is 1.48. The van der Waals surface area contributed by atoms with Gasteiger partial charge in [0.05, 0.1) is 5.52 Å². The highest BCUT2D eigenvalue weighted by atomic mass is 35.5. The van der Waals surface area contributed by atoms with Crippen LogP contribution in [0.25, 0.3) is 10.9 Å². The molecular formula is C17H13ClFN3O3. The van der Waals surface area contributed by atoms with Crippen molar-refractivity contribution in [2.24, 2.45) is 10.2 Å². The molecule has 0 spiro atoms. The first-order valence-electron chi connectivity index (χ1n) is 7.28. The van der Waals surface area contributed by atoms with Crippen LogP contribution in [0.1, 0.15) is 5.56 Å². The fourth-order valence-electron chi connectivity index (χ4n) is 2.22. The fraction of sp³-hybridized carbons (Fsp3) is 0.118. The molecule has 0 fully saturated rings. The van der Waals surface area contributed by atoms with Crippen molar-refractivity contribution in [3.05, 3.63) is 52.8 Å². The summed E-state index contributed by atoms with van der Waals surface area (Å²) >= 11 is 5.91. The molecule has 0 radical (unpaired) electrons. The maximum atomic E-state index is 13.3. The maximum Gasteiger partial charge on any atom is 0.302 e. The fourth-order valence-corrected chi connectivity index (χ4v) is 2.34. The van der Waals surface area contributed by atoms with Gasteiger partial charge in [0.2, 0.25) is 5.88 Å². The van der Waals surface area contributed by atoms with E-state index in [2.05, 4.69) is 15.2 Å². The lowest BCUT2D eigenvalue weighted by molar-refractivity contribution is -0.120. The third-order valence-electron chi connectivity index (χ3n) is 3.47. The first-order valence-corrected chi connectivity index (χ1v) is 7.65. The van der Waals surface area contributed by atoms with E-state index in [0.29, 0.717) is 21.7 Å². The second-order valence-electron chi connectivity index (χ2n) is 5.31. The van der Waals surface area contributed by atoms with Crippen LogP contribution in [0.5, 0.6) is 11.6 Å². The van der Waals surface area contributed by atoms with Crippen molar-refractivity contribution in [3.8, 4) is 11.6 Å². The van der Waals surface area contributed by atoms with E-state index in [1.165, 1.54) is 18.2 Å². The molecule has 128 valence electrons. The van der Waals surface area contributed by atoms with Crippen LogP contribution in [0.3, 0.4) is 0 Å². The molecule has 25 heavy (non-hydrogen) atoms. The monoisotopic (exact) mass is 361 g/mol. The van der Waals surface area contributed by atoms with E-state index in [9.17, 15) is 14.3 Å². The van der Waals surface area contributed by atoms with Gasteiger partial charge in [-0.1, -0.05) is 11.6 Å². The van der Waals surface area contributed by atoms with Crippen molar-refractivity contribution >= 4 is 34.1 Å². The molecule has 0 aliphatic rings. The molecular weight excluding hydrogens is 349 g/mol. The van der Waals surface area contributed by atoms with Gasteiger partial charge in [0.1, 0.15) is 11.6 Å². The number of azo groups is 1. The van der Waals surface area contributed by atoms with Crippen molar-refractivity contribution < 1.29 is 19.0 Å². The molecule has 0 aliphatic carbocycles. The quantitative estimate of drug-likeness (QED) is 0.662. The van der Waals surface area contributed by atoms with Crippen molar-refractivity contribution in [1.82, 2.24) is 4.98 Å². The number of aromatic amines is 1. The largest absolute Gasteiger partial charge is 0.493 e. The number of fused-ring (bicyclic) bond motifs is 1. The van der Waals surface area contributed by atoms with Gasteiger partial charge in [-0.15, -0.1) is 10.2 Å². The third kappa shape index (κ3) is 3.77. The van der Waals surface area contributed by atoms with Gasteiger partial charge in [0.15, 0.2) is 12.3 Å². The Kier molecular flexibility index (Phi) is 4.67. The molecule has 0 atom stereocenters. The second-order valence-corrected chi connectivity index (χ2v) is 5.71. The molecule has 1 amide bonds. The van der Waals surface area contributed by atoms with E-state index >= 15 is 0 Å². The summed E-state index contributed by atoms with van der Waals surface area (Å²) in [4.78, 5) is 14.4. The van der Waals surface area contributed by atoms with E-state index < -0.39 is 11.7 Å². The summed E-state index contributed by atoms with van der Waals surface area (Å²) in [5.74, 6) is -0.970. The zero-order chi connectivity index (χ0) is 18.0. The standard InChI is InChI=1S/C17H13ClFN3O3/c1-9-6-11(3-4-13(9)18)25-8-15(23)21-22-16-12-7-10(19)2-5-14(12)20-17(16)24/h2-7,20,24H,8H2,1H3. The van der Waals surface area contributed by atoms with E-state index in [-0.39, 0.29) is 18.2 Å². The van der Waals surface area contributed by atoms with Gasteiger partial charge < -0.3 is 14.8 Å². The van der Waals surface area contributed by atoms with Crippen LogP contribution in [0.15, 0.2) is 46.6 Å². The highest BCUT2D eigenvalue weighted by molar-refractivity contribution is 6.31. The average molecular weight is 362 g/mol. The van der Waals surface area contributed by atoms with Crippen LogP contribution in [-0.2, 0) is 4.79 Å². The normalized spacial score (nSPS) is 11.3. The lowest BCUT2D eigenvalue weighted by atomic mass is 10.2. The Bertz CT molecular complexity index is 985. The zero-order valence-electron chi connectivity index (χ0n) is 13.1. The Morgan fingerprint density at radius 2 is 2.12 bits per heavy atom. The van der Waals surface area contributed by atoms with Gasteiger partial charge >= 0.3 is 5.91 Å². The van der Waals surface area contributed by atoms with Gasteiger partial charge in [-0.25, -0.2) is 4.39 Å². The Morgan fingerprint density at radius 1 is 1.32 bits per heavy atom. The number of carbonyl (C=O) groups excluding carboxylic acids is 1. The van der Waals surface area contributed by atoms with Crippen molar-refractivity contribution in [2.75, 3.05) is 6.61 Å². The van der Waals surface area contributed by atoms with Crippen LogP contribution in [-0.4, -0.2) is 22.6 Å². The van der Waals surface area contributed by atoms with Crippen molar-refractivity contribution in [2.45, 2.75) is 6.92 Å². The Balaban J connectivity index is 1.71. The number of aromatic hydroxyl groups is 1. The summed E-state index contributed by atoms with van der Waals surface area (Å²) in [5.41, 5.74) is 1.29. The molecule has 1 heterocycles. The molecule has 8 heteroatoms. The zero-order valence-corrected chi connectivity index (χ0v) is 13.8. The predicted molar refractivity (Wildman–Crippen MR) is 91.1 cm³/mol. The molecule has 6 nitrogen and oxygen atoms in total. The number of rotatable bonds is 4. The lowest BCUT2D eigenvalue weighted by Gasteiger charge is -2.05. The molecule has 1 aromatic heterocycles. The molecule has 2 aromatic carbocycles. The number of nitrogens with zero attached hydrogens (tertiary/aromatic N) is 2. The number of ether oxygens (including phenoxy) is 1. The third-order valence-corrected chi connectivity index (χ3v) is 3.89. The van der Waals surface area contributed by atoms with Crippen LogP contribution in [0, 0.1) is 12.7 Å². The number of halogens is 2. The topological polar surface area (TPSA) is 87.0 Å². The minimum Gasteiger partial charge on any atom is -0.493 e. The number of aryl methyl sites for hydroxylation is 1. The SMILES string of the molecule is Cc1cc(OCC(=O)N=Nc2c(O)[nH]c3ccc(F)cc23)ccc1Cl. The Hall–Kier alpha value is -2.93. The molecule has 0 unspecified atom stereocenters. The number of benzene rings is 2. The van der Waals surface area contributed by atoms with E-state index in [0.717, 1.165) is 5.56 Å². The van der Waals surface area contributed by atoms with E-state index in [4.69, 9.17) is 16.3 Å². The molecule has 0 aliphatic heterocycles. The van der Waals surface area contributed by atoms with Gasteiger partial charge in [-0.05, 0) is 48.9 Å². The van der Waals surface area contributed by atoms with Gasteiger partial charge in [-0.2, -0.15) is 0 Å². The van der Waals surface area contributed by atoms with Gasteiger partial charge in [0, 0.05) is 10.4 Å². The Morgan fingerprint density at radius 3 is 2.88 bits per heavy atom. The van der Waals surface area contributed by atoms with Crippen molar-refractivity contribution in [1.29, 1.82) is 0 Å². The lowest BCUT2D eigenvalue weighted by Crippen LogP contribution is -2.07.